The van der Waals surface area contributed by atoms with Gasteiger partial charge in [0.2, 0.25) is 5.91 Å². The lowest BCUT2D eigenvalue weighted by Crippen LogP contribution is -2.36. The van der Waals surface area contributed by atoms with Crippen LogP contribution < -0.4 is 10.2 Å². The summed E-state index contributed by atoms with van der Waals surface area (Å²) in [5, 5.41) is 2.85. The molecule has 0 saturated carbocycles. The van der Waals surface area contributed by atoms with E-state index < -0.39 is 11.6 Å². The van der Waals surface area contributed by atoms with Crippen LogP contribution in [0.1, 0.15) is 20.3 Å². The topological polar surface area (TPSA) is 32.3 Å². The predicted molar refractivity (Wildman–Crippen MR) is 74.5 cm³/mol. The van der Waals surface area contributed by atoms with Gasteiger partial charge in [-0.2, -0.15) is 0 Å². The van der Waals surface area contributed by atoms with Crippen molar-refractivity contribution in [3.8, 4) is 0 Å². The van der Waals surface area contributed by atoms with Crippen molar-refractivity contribution in [2.24, 2.45) is 0 Å². The molecule has 0 spiro atoms. The molecule has 3 nitrogen and oxygen atoms in total. The number of nitrogens with zero attached hydrogens (tertiary/aromatic N) is 1. The molecule has 1 amide bonds. The van der Waals surface area contributed by atoms with Gasteiger partial charge in [-0.25, -0.2) is 8.78 Å². The standard InChI is InChI=1S/C15H18F2N2O/c1-10(2)8-14(20)18-11-6-7-19(9-11)15-12(16)4-3-5-13(15)17/h3-5,8,11H,6-7,9H2,1-2H3,(H,18,20)/t11-/m1/s1. The van der Waals surface area contributed by atoms with E-state index in [1.165, 1.54) is 24.3 Å². The highest BCUT2D eigenvalue weighted by Crippen LogP contribution is 2.26. The molecule has 2 rings (SSSR count). The van der Waals surface area contributed by atoms with Crippen LogP contribution in [0.15, 0.2) is 29.8 Å². The number of nitrogens with one attached hydrogen (secondary N) is 1. The third kappa shape index (κ3) is 3.35. The normalized spacial score (nSPS) is 18.0. The fourth-order valence-electron chi connectivity index (χ4n) is 2.38. The van der Waals surface area contributed by atoms with E-state index in [1.54, 1.807) is 4.90 Å². The fourth-order valence-corrected chi connectivity index (χ4v) is 2.38. The number of halogens is 2. The van der Waals surface area contributed by atoms with Crippen LogP contribution >= 0.6 is 0 Å². The molecular formula is C15H18F2N2O. The summed E-state index contributed by atoms with van der Waals surface area (Å²) in [7, 11) is 0. The van der Waals surface area contributed by atoms with Crippen LogP contribution in [0.4, 0.5) is 14.5 Å². The largest absolute Gasteiger partial charge is 0.365 e. The number of amides is 1. The maximum Gasteiger partial charge on any atom is 0.244 e. The molecular weight excluding hydrogens is 262 g/mol. The van der Waals surface area contributed by atoms with Crippen LogP contribution in [0, 0.1) is 11.6 Å². The van der Waals surface area contributed by atoms with Crippen molar-refractivity contribution >= 4 is 11.6 Å². The van der Waals surface area contributed by atoms with E-state index in [-0.39, 0.29) is 17.6 Å². The molecule has 1 aliphatic heterocycles. The van der Waals surface area contributed by atoms with E-state index in [2.05, 4.69) is 5.32 Å². The van der Waals surface area contributed by atoms with E-state index in [0.717, 1.165) is 5.57 Å². The molecule has 20 heavy (non-hydrogen) atoms. The first-order valence-electron chi connectivity index (χ1n) is 6.61. The Morgan fingerprint density at radius 1 is 1.35 bits per heavy atom. The van der Waals surface area contributed by atoms with Gasteiger partial charge >= 0.3 is 0 Å². The number of benzene rings is 1. The van der Waals surface area contributed by atoms with Crippen LogP contribution in [0.3, 0.4) is 0 Å². The zero-order chi connectivity index (χ0) is 14.7. The molecule has 0 aliphatic carbocycles. The highest BCUT2D eigenvalue weighted by atomic mass is 19.1. The number of rotatable bonds is 3. The van der Waals surface area contributed by atoms with Crippen molar-refractivity contribution in [1.82, 2.24) is 5.32 Å². The first-order valence-corrected chi connectivity index (χ1v) is 6.61. The maximum atomic E-state index is 13.7. The van der Waals surface area contributed by atoms with Gasteiger partial charge < -0.3 is 10.2 Å². The Kier molecular flexibility index (Phi) is 4.37. The Morgan fingerprint density at radius 2 is 2.00 bits per heavy atom. The van der Waals surface area contributed by atoms with Gasteiger partial charge in [0, 0.05) is 25.2 Å². The van der Waals surface area contributed by atoms with Crippen molar-refractivity contribution in [2.75, 3.05) is 18.0 Å². The second-order valence-electron chi connectivity index (χ2n) is 5.23. The second-order valence-corrected chi connectivity index (χ2v) is 5.23. The molecule has 1 N–H and O–H groups in total. The first-order chi connectivity index (χ1) is 9.47. The number of carbonyl (C=O) groups excluding carboxylic acids is 1. The van der Waals surface area contributed by atoms with E-state index in [0.29, 0.717) is 19.5 Å². The summed E-state index contributed by atoms with van der Waals surface area (Å²) in [6.45, 7) is 4.63. The maximum absolute atomic E-state index is 13.7. The van der Waals surface area contributed by atoms with Crippen molar-refractivity contribution in [2.45, 2.75) is 26.3 Å². The summed E-state index contributed by atoms with van der Waals surface area (Å²) in [6, 6.07) is 3.75. The van der Waals surface area contributed by atoms with E-state index >= 15 is 0 Å². The molecule has 1 fully saturated rings. The summed E-state index contributed by atoms with van der Waals surface area (Å²) in [6.07, 6.45) is 2.20. The molecule has 108 valence electrons. The van der Waals surface area contributed by atoms with Crippen LogP contribution in [0.25, 0.3) is 0 Å². The zero-order valence-corrected chi connectivity index (χ0v) is 11.6. The van der Waals surface area contributed by atoms with Crippen LogP contribution in [-0.2, 0) is 4.79 Å². The molecule has 0 bridgehead atoms. The lowest BCUT2D eigenvalue weighted by Gasteiger charge is -2.20. The minimum Gasteiger partial charge on any atom is -0.365 e. The predicted octanol–water partition coefficient (Wildman–Crippen LogP) is 2.63. The van der Waals surface area contributed by atoms with E-state index in [1.807, 2.05) is 13.8 Å². The van der Waals surface area contributed by atoms with Gasteiger partial charge in [-0.3, -0.25) is 4.79 Å². The van der Waals surface area contributed by atoms with Gasteiger partial charge in [0.1, 0.15) is 17.3 Å². The minimum absolute atomic E-state index is 0.00790. The molecule has 0 unspecified atom stereocenters. The molecule has 0 aromatic heterocycles. The van der Waals surface area contributed by atoms with E-state index in [4.69, 9.17) is 0 Å². The number of anilines is 1. The SMILES string of the molecule is CC(C)=CC(=O)N[C@@H]1CCN(c2c(F)cccc2F)C1. The number of hydrogen-bond acceptors (Lipinski definition) is 2. The number of hydrogen-bond donors (Lipinski definition) is 1. The molecule has 1 aromatic carbocycles. The number of carbonyl (C=O) groups is 1. The highest BCUT2D eigenvalue weighted by molar-refractivity contribution is 5.88. The number of para-hydroxylation sites is 1. The molecule has 0 radical (unpaired) electrons. The second kappa shape index (κ2) is 6.03. The van der Waals surface area contributed by atoms with Crippen molar-refractivity contribution in [3.63, 3.8) is 0 Å². The zero-order valence-electron chi connectivity index (χ0n) is 11.6. The summed E-state index contributed by atoms with van der Waals surface area (Å²) < 4.78 is 27.4. The smallest absolute Gasteiger partial charge is 0.244 e. The summed E-state index contributed by atoms with van der Waals surface area (Å²) in [5.74, 6) is -1.30. The molecule has 5 heteroatoms. The van der Waals surface area contributed by atoms with Gasteiger partial charge in [0.05, 0.1) is 0 Å². The van der Waals surface area contributed by atoms with Gasteiger partial charge in [-0.15, -0.1) is 0 Å². The van der Waals surface area contributed by atoms with Gasteiger partial charge in [0.15, 0.2) is 0 Å². The Morgan fingerprint density at radius 3 is 2.60 bits per heavy atom. The average molecular weight is 280 g/mol. The van der Waals surface area contributed by atoms with Crippen molar-refractivity contribution in [3.05, 3.63) is 41.5 Å². The lowest BCUT2D eigenvalue weighted by molar-refractivity contribution is -0.117. The molecule has 1 aromatic rings. The van der Waals surface area contributed by atoms with Crippen LogP contribution in [0.2, 0.25) is 0 Å². The fraction of sp³-hybridized carbons (Fsp3) is 0.400. The van der Waals surface area contributed by atoms with Gasteiger partial charge in [-0.05, 0) is 32.4 Å². The van der Waals surface area contributed by atoms with Crippen LogP contribution in [-0.4, -0.2) is 25.0 Å². The lowest BCUT2D eigenvalue weighted by atomic mass is 10.2. The molecule has 1 saturated heterocycles. The van der Waals surface area contributed by atoms with Crippen molar-refractivity contribution in [1.29, 1.82) is 0 Å². The summed E-state index contributed by atoms with van der Waals surface area (Å²) >= 11 is 0. The Hall–Kier alpha value is -1.91. The third-order valence-electron chi connectivity index (χ3n) is 3.21. The summed E-state index contributed by atoms with van der Waals surface area (Å²) in [4.78, 5) is 13.3. The average Bonchev–Trinajstić information content (AvgIpc) is 2.75. The minimum atomic E-state index is -0.568. The van der Waals surface area contributed by atoms with Gasteiger partial charge in [-0.1, -0.05) is 11.6 Å². The van der Waals surface area contributed by atoms with Gasteiger partial charge in [0.25, 0.3) is 0 Å². The van der Waals surface area contributed by atoms with Crippen LogP contribution in [0.5, 0.6) is 0 Å². The Labute approximate surface area is 117 Å². The highest BCUT2D eigenvalue weighted by Gasteiger charge is 2.27. The number of allylic oxidation sites excluding steroid dienone is 1. The molecule has 1 aliphatic rings. The molecule has 1 heterocycles. The monoisotopic (exact) mass is 280 g/mol. The third-order valence-corrected chi connectivity index (χ3v) is 3.21. The summed E-state index contributed by atoms with van der Waals surface area (Å²) in [5.41, 5.74) is 0.906. The Bertz CT molecular complexity index is 518. The van der Waals surface area contributed by atoms with E-state index in [9.17, 15) is 13.6 Å². The van der Waals surface area contributed by atoms with Crippen molar-refractivity contribution < 1.29 is 13.6 Å². The Balaban J connectivity index is 2.02. The quantitative estimate of drug-likeness (QED) is 0.863. The molecule has 1 atom stereocenters. The first kappa shape index (κ1) is 14.5.